The number of rotatable bonds is 4. The number of nitrogens with one attached hydrogen (secondary N) is 1. The number of benzene rings is 2. The molecule has 0 bridgehead atoms. The van der Waals surface area contributed by atoms with Gasteiger partial charge >= 0.3 is 0 Å². The molecule has 2 unspecified atom stereocenters. The van der Waals surface area contributed by atoms with Gasteiger partial charge in [0.25, 0.3) is 11.8 Å². The fraction of sp³-hybridized carbons (Fsp3) is 0.280. The van der Waals surface area contributed by atoms with E-state index >= 15 is 0 Å². The summed E-state index contributed by atoms with van der Waals surface area (Å²) in [5, 5.41) is 20.2. The Morgan fingerprint density at radius 3 is 2.78 bits per heavy atom. The molecule has 0 spiro atoms. The van der Waals surface area contributed by atoms with Gasteiger partial charge in [0.05, 0.1) is 18.5 Å². The molecule has 2 N–H and O–H groups in total. The van der Waals surface area contributed by atoms with Gasteiger partial charge in [0, 0.05) is 36.7 Å². The van der Waals surface area contributed by atoms with E-state index in [-0.39, 0.29) is 48.9 Å². The van der Waals surface area contributed by atoms with Crippen LogP contribution in [0.3, 0.4) is 0 Å². The van der Waals surface area contributed by atoms with Crippen molar-refractivity contribution in [3.8, 4) is 5.69 Å². The predicted octanol–water partition coefficient (Wildman–Crippen LogP) is 0.765. The van der Waals surface area contributed by atoms with Gasteiger partial charge in [-0.1, -0.05) is 29.5 Å². The van der Waals surface area contributed by atoms with Crippen molar-refractivity contribution in [3.05, 3.63) is 71.0 Å². The van der Waals surface area contributed by atoms with Crippen LogP contribution in [0.15, 0.2) is 48.7 Å². The molecular weight excluding hydrogens is 464 g/mol. The molecule has 36 heavy (non-hydrogen) atoms. The first-order chi connectivity index (χ1) is 17.4. The second-order valence-electron chi connectivity index (χ2n) is 9.14. The predicted molar refractivity (Wildman–Crippen MR) is 125 cm³/mol. The number of aliphatic hydroxyl groups is 1. The molecule has 6 rings (SSSR count). The number of nitrogens with zero attached hydrogens (tertiary/aromatic N) is 5. The Labute approximate surface area is 205 Å². The minimum absolute atomic E-state index is 0.0630. The highest BCUT2D eigenvalue weighted by atomic mass is 16.3. The molecule has 1 fully saturated rings. The second-order valence-corrected chi connectivity index (χ2v) is 9.14. The van der Waals surface area contributed by atoms with Gasteiger partial charge in [-0.3, -0.25) is 24.5 Å². The highest BCUT2D eigenvalue weighted by Gasteiger charge is 2.39. The summed E-state index contributed by atoms with van der Waals surface area (Å²) in [6.45, 7) is 0.569. The number of hydrogen-bond donors (Lipinski definition) is 2. The largest absolute Gasteiger partial charge is 0.396 e. The molecule has 1 saturated heterocycles. The lowest BCUT2D eigenvalue weighted by molar-refractivity contribution is -0.136. The first-order valence-electron chi connectivity index (χ1n) is 11.7. The summed E-state index contributed by atoms with van der Waals surface area (Å²) < 4.78 is 1.43. The fourth-order valence-electron chi connectivity index (χ4n) is 5.16. The molecule has 4 amide bonds. The maximum Gasteiger partial charge on any atom is 0.280 e. The van der Waals surface area contributed by atoms with Crippen molar-refractivity contribution in [2.45, 2.75) is 31.3 Å². The Balaban J connectivity index is 1.23. The topological polar surface area (TPSA) is 138 Å². The van der Waals surface area contributed by atoms with Crippen LogP contribution >= 0.6 is 0 Å². The van der Waals surface area contributed by atoms with E-state index < -0.39 is 11.9 Å². The molecule has 2 aromatic carbocycles. The molecule has 2 atom stereocenters. The van der Waals surface area contributed by atoms with Crippen molar-refractivity contribution in [1.82, 2.24) is 25.2 Å². The van der Waals surface area contributed by atoms with Crippen LogP contribution in [0.25, 0.3) is 5.69 Å². The number of imide groups is 1. The number of piperidine rings is 1. The fourth-order valence-corrected chi connectivity index (χ4v) is 5.16. The molecule has 11 nitrogen and oxygen atoms in total. The minimum atomic E-state index is -0.687. The number of para-hydroxylation sites is 1. The van der Waals surface area contributed by atoms with Crippen LogP contribution in [-0.4, -0.2) is 67.8 Å². The molecule has 3 aromatic rings. The number of hydrogen-bond acceptors (Lipinski definition) is 7. The van der Waals surface area contributed by atoms with E-state index in [4.69, 9.17) is 0 Å². The molecule has 3 aliphatic rings. The van der Waals surface area contributed by atoms with Crippen LogP contribution in [0.5, 0.6) is 0 Å². The lowest BCUT2D eigenvalue weighted by Crippen LogP contribution is -2.52. The van der Waals surface area contributed by atoms with Crippen molar-refractivity contribution in [2.75, 3.05) is 18.1 Å². The van der Waals surface area contributed by atoms with E-state index in [1.54, 1.807) is 23.1 Å². The number of aliphatic hydroxyl groups excluding tert-OH is 1. The molecule has 0 radical (unpaired) electrons. The molecule has 0 aliphatic carbocycles. The van der Waals surface area contributed by atoms with Crippen molar-refractivity contribution in [2.24, 2.45) is 0 Å². The molecule has 4 heterocycles. The number of fused-ring (bicyclic) bond motifs is 2. The van der Waals surface area contributed by atoms with E-state index in [9.17, 15) is 24.3 Å². The van der Waals surface area contributed by atoms with Crippen LogP contribution in [0, 0.1) is 0 Å². The van der Waals surface area contributed by atoms with Crippen LogP contribution in [0.2, 0.25) is 0 Å². The molecular formula is C25H22N6O5. The average molecular weight is 486 g/mol. The molecule has 182 valence electrons. The lowest BCUT2D eigenvalue weighted by Gasteiger charge is -2.29. The Kier molecular flexibility index (Phi) is 5.15. The Bertz CT molecular complexity index is 1430. The van der Waals surface area contributed by atoms with Gasteiger partial charge in [-0.2, -0.15) is 0 Å². The quantitative estimate of drug-likeness (QED) is 0.520. The highest BCUT2D eigenvalue weighted by molar-refractivity contribution is 6.07. The smallest absolute Gasteiger partial charge is 0.280 e. The van der Waals surface area contributed by atoms with Gasteiger partial charge in [-0.25, -0.2) is 4.68 Å². The van der Waals surface area contributed by atoms with E-state index in [2.05, 4.69) is 15.6 Å². The first kappa shape index (κ1) is 22.1. The van der Waals surface area contributed by atoms with Gasteiger partial charge in [0.1, 0.15) is 6.04 Å². The number of aromatic nitrogens is 3. The van der Waals surface area contributed by atoms with Gasteiger partial charge in [-0.05, 0) is 35.7 Å². The summed E-state index contributed by atoms with van der Waals surface area (Å²) in [7, 11) is 0. The minimum Gasteiger partial charge on any atom is -0.396 e. The Morgan fingerprint density at radius 2 is 1.97 bits per heavy atom. The summed E-state index contributed by atoms with van der Waals surface area (Å²) in [4.78, 5) is 53.2. The normalized spacial score (nSPS) is 21.0. The van der Waals surface area contributed by atoms with Gasteiger partial charge in [0.2, 0.25) is 11.8 Å². The molecule has 1 aromatic heterocycles. The van der Waals surface area contributed by atoms with Crippen LogP contribution in [0.1, 0.15) is 50.7 Å². The number of carbonyl (C=O) groups excluding carboxylic acids is 4. The third-order valence-electron chi connectivity index (χ3n) is 7.02. The zero-order valence-corrected chi connectivity index (χ0v) is 19.1. The summed E-state index contributed by atoms with van der Waals surface area (Å²) in [6, 6.07) is 12.0. The van der Waals surface area contributed by atoms with E-state index in [1.165, 1.54) is 15.8 Å². The maximum atomic E-state index is 13.2. The third kappa shape index (κ3) is 3.47. The van der Waals surface area contributed by atoms with Gasteiger partial charge in [-0.15, -0.1) is 5.10 Å². The van der Waals surface area contributed by atoms with E-state index in [1.807, 2.05) is 24.3 Å². The zero-order chi connectivity index (χ0) is 25.0. The van der Waals surface area contributed by atoms with Crippen LogP contribution in [-0.2, 0) is 16.1 Å². The molecule has 0 saturated carbocycles. The average Bonchev–Trinajstić information content (AvgIpc) is 3.60. The summed E-state index contributed by atoms with van der Waals surface area (Å²) in [5.41, 5.74) is 3.56. The van der Waals surface area contributed by atoms with Crippen molar-refractivity contribution in [3.63, 3.8) is 0 Å². The summed E-state index contributed by atoms with van der Waals surface area (Å²) in [6.07, 6.45) is 2.00. The third-order valence-corrected chi connectivity index (χ3v) is 7.02. The number of carbonyl (C=O) groups is 4. The molecule has 3 aliphatic heterocycles. The Morgan fingerprint density at radius 1 is 1.14 bits per heavy atom. The maximum absolute atomic E-state index is 13.2. The molecule has 11 heteroatoms. The summed E-state index contributed by atoms with van der Waals surface area (Å²) in [5.74, 6) is -1.56. The number of anilines is 1. The van der Waals surface area contributed by atoms with Crippen LogP contribution in [0.4, 0.5) is 5.69 Å². The lowest BCUT2D eigenvalue weighted by atomic mass is 10.0. The second kappa shape index (κ2) is 8.38. The van der Waals surface area contributed by atoms with Crippen molar-refractivity contribution < 1.29 is 24.3 Å². The monoisotopic (exact) mass is 486 g/mol. The van der Waals surface area contributed by atoms with Gasteiger partial charge in [0.15, 0.2) is 5.69 Å². The van der Waals surface area contributed by atoms with E-state index in [0.29, 0.717) is 24.2 Å². The summed E-state index contributed by atoms with van der Waals surface area (Å²) >= 11 is 0. The highest BCUT2D eigenvalue weighted by Crippen LogP contribution is 2.36. The SMILES string of the molecule is O=C1CCC(N2Cc3ccc(-n4cc(C(=O)N5CC(CO)c6ccccc65)nn4)cc3C2=O)C(=O)N1. The Hall–Kier alpha value is -4.38. The van der Waals surface area contributed by atoms with Gasteiger partial charge < -0.3 is 14.9 Å². The standard InChI is InChI=1S/C25H22N6O5/c32-13-15-11-29(20-4-2-1-3-17(15)20)25(36)19-12-31(28-27-19)16-6-5-14-10-30(24(35)18(14)9-16)21-7-8-22(33)26-23(21)34/h1-6,9,12,15,21,32H,7-8,10-11,13H2,(H,26,33,34). The van der Waals surface area contributed by atoms with Crippen molar-refractivity contribution >= 4 is 29.3 Å². The van der Waals surface area contributed by atoms with E-state index in [0.717, 1.165) is 16.8 Å². The zero-order valence-electron chi connectivity index (χ0n) is 19.1. The van der Waals surface area contributed by atoms with Crippen molar-refractivity contribution in [1.29, 1.82) is 0 Å². The first-order valence-corrected chi connectivity index (χ1v) is 11.7. The number of amides is 4. The van der Waals surface area contributed by atoms with Crippen LogP contribution < -0.4 is 10.2 Å².